The van der Waals surface area contributed by atoms with E-state index in [1.807, 2.05) is 30.3 Å². The number of carbonyl (C=O) groups excluding carboxylic acids is 1. The Kier molecular flexibility index (Phi) is 8.08. The van der Waals surface area contributed by atoms with Crippen molar-refractivity contribution in [2.24, 2.45) is 5.92 Å². The largest absolute Gasteiger partial charge is 0.493 e. The third-order valence-electron chi connectivity index (χ3n) is 8.21. The topological polar surface area (TPSA) is 51.2 Å². The van der Waals surface area contributed by atoms with Crippen molar-refractivity contribution in [3.63, 3.8) is 0 Å². The van der Waals surface area contributed by atoms with E-state index < -0.39 is 0 Å². The van der Waals surface area contributed by atoms with Crippen molar-refractivity contribution in [2.45, 2.75) is 39.5 Å². The van der Waals surface area contributed by atoms with Gasteiger partial charge in [0.1, 0.15) is 5.75 Å². The van der Waals surface area contributed by atoms with Crippen molar-refractivity contribution < 1.29 is 19.0 Å². The van der Waals surface area contributed by atoms with Crippen molar-refractivity contribution >= 4 is 16.7 Å². The lowest BCUT2D eigenvalue weighted by molar-refractivity contribution is 0.0658. The Labute approximate surface area is 226 Å². The predicted molar refractivity (Wildman–Crippen MR) is 152 cm³/mol. The van der Waals surface area contributed by atoms with E-state index in [4.69, 9.17) is 14.2 Å². The number of ether oxygens (including phenoxy) is 3. The van der Waals surface area contributed by atoms with Crippen LogP contribution in [0.5, 0.6) is 17.2 Å². The van der Waals surface area contributed by atoms with E-state index >= 15 is 0 Å². The maximum Gasteiger partial charge on any atom is 0.254 e. The second kappa shape index (κ2) is 11.6. The molecule has 0 aliphatic carbocycles. The van der Waals surface area contributed by atoms with Crippen LogP contribution in [-0.4, -0.2) is 69.3 Å². The first-order valence-corrected chi connectivity index (χ1v) is 13.9. The van der Waals surface area contributed by atoms with Gasteiger partial charge in [0, 0.05) is 42.5 Å². The minimum atomic E-state index is 0.212. The number of rotatable bonds is 9. The van der Waals surface area contributed by atoms with Gasteiger partial charge in [-0.05, 0) is 92.9 Å². The molecule has 38 heavy (non-hydrogen) atoms. The van der Waals surface area contributed by atoms with Crippen LogP contribution in [0.4, 0.5) is 0 Å². The molecule has 1 fully saturated rings. The zero-order valence-electron chi connectivity index (χ0n) is 23.2. The molecular formula is C32H40N2O4. The van der Waals surface area contributed by atoms with Crippen LogP contribution in [0, 0.1) is 19.8 Å². The van der Waals surface area contributed by atoms with Crippen molar-refractivity contribution in [1.82, 2.24) is 9.80 Å². The molecule has 1 saturated heterocycles. The number of aryl methyl sites for hydroxylation is 2. The third kappa shape index (κ3) is 5.46. The van der Waals surface area contributed by atoms with E-state index in [0.717, 1.165) is 79.1 Å². The van der Waals surface area contributed by atoms with Gasteiger partial charge in [0.2, 0.25) is 0 Å². The van der Waals surface area contributed by atoms with Gasteiger partial charge < -0.3 is 24.0 Å². The summed E-state index contributed by atoms with van der Waals surface area (Å²) in [6.45, 7) is 9.76. The smallest absolute Gasteiger partial charge is 0.254 e. The molecule has 3 aromatic rings. The normalized spacial score (nSPS) is 17.9. The molecule has 2 aliphatic rings. The minimum Gasteiger partial charge on any atom is -0.493 e. The Morgan fingerprint density at radius 2 is 1.79 bits per heavy atom. The molecule has 202 valence electrons. The molecule has 0 aromatic heterocycles. The summed E-state index contributed by atoms with van der Waals surface area (Å²) in [5, 5.41) is 2.02. The third-order valence-corrected chi connectivity index (χ3v) is 8.21. The number of hydrogen-bond donors (Lipinski definition) is 0. The number of likely N-dealkylation sites (tertiary alicyclic amines) is 1. The van der Waals surface area contributed by atoms with Crippen LogP contribution in [-0.2, 0) is 6.42 Å². The maximum atomic E-state index is 13.2. The van der Waals surface area contributed by atoms with Crippen LogP contribution >= 0.6 is 0 Å². The number of fused-ring (bicyclic) bond motifs is 2. The molecule has 6 heteroatoms. The molecule has 1 unspecified atom stereocenters. The number of carbonyl (C=O) groups is 1. The molecular weight excluding hydrogens is 476 g/mol. The molecule has 2 heterocycles. The van der Waals surface area contributed by atoms with Gasteiger partial charge in [0.25, 0.3) is 5.91 Å². The molecule has 1 atom stereocenters. The number of methoxy groups -OCH3 is 2. The summed E-state index contributed by atoms with van der Waals surface area (Å²) >= 11 is 0. The quantitative estimate of drug-likeness (QED) is 0.344. The average molecular weight is 517 g/mol. The number of amides is 1. The highest BCUT2D eigenvalue weighted by molar-refractivity contribution is 5.97. The van der Waals surface area contributed by atoms with E-state index in [2.05, 4.69) is 35.8 Å². The van der Waals surface area contributed by atoms with Crippen molar-refractivity contribution in [2.75, 3.05) is 53.6 Å². The summed E-state index contributed by atoms with van der Waals surface area (Å²) in [7, 11) is 3.32. The Morgan fingerprint density at radius 3 is 2.61 bits per heavy atom. The van der Waals surface area contributed by atoms with E-state index in [-0.39, 0.29) is 5.91 Å². The molecule has 0 saturated carbocycles. The van der Waals surface area contributed by atoms with Gasteiger partial charge in [-0.25, -0.2) is 0 Å². The number of nitrogens with zero attached hydrogens (tertiary/aromatic N) is 2. The van der Waals surface area contributed by atoms with Crippen LogP contribution in [0.15, 0.2) is 42.5 Å². The first kappa shape index (κ1) is 26.4. The molecule has 0 bridgehead atoms. The molecule has 6 nitrogen and oxygen atoms in total. The minimum absolute atomic E-state index is 0.212. The van der Waals surface area contributed by atoms with Crippen LogP contribution in [0.1, 0.15) is 46.3 Å². The van der Waals surface area contributed by atoms with Crippen molar-refractivity contribution in [3.05, 3.63) is 64.7 Å². The van der Waals surface area contributed by atoms with Gasteiger partial charge >= 0.3 is 0 Å². The fourth-order valence-electron chi connectivity index (χ4n) is 6.05. The summed E-state index contributed by atoms with van der Waals surface area (Å²) < 4.78 is 17.3. The fraction of sp³-hybridized carbons (Fsp3) is 0.469. The summed E-state index contributed by atoms with van der Waals surface area (Å²) in [6.07, 6.45) is 4.30. The van der Waals surface area contributed by atoms with Gasteiger partial charge in [-0.15, -0.1) is 0 Å². The monoisotopic (exact) mass is 516 g/mol. The molecule has 0 N–H and O–H groups in total. The van der Waals surface area contributed by atoms with Crippen LogP contribution in [0.25, 0.3) is 10.8 Å². The average Bonchev–Trinajstić information content (AvgIpc) is 2.93. The lowest BCUT2D eigenvalue weighted by Crippen LogP contribution is -2.45. The molecule has 1 amide bonds. The van der Waals surface area contributed by atoms with E-state index in [1.54, 1.807) is 14.2 Å². The molecule has 0 spiro atoms. The van der Waals surface area contributed by atoms with Crippen LogP contribution < -0.4 is 14.2 Å². The predicted octanol–water partition coefficient (Wildman–Crippen LogP) is 5.65. The van der Waals surface area contributed by atoms with Gasteiger partial charge in [0.05, 0.1) is 20.8 Å². The standard InChI is InChI=1S/C32H40N2O4/c1-22-18-25-13-16-34(32(35)28(25)19-23(22)2)21-24-8-6-14-33(20-24)15-7-17-38-29-10-5-9-27-26(29)11-12-30(36-3)31(27)37-4/h5,9-12,18-19,24H,6-8,13-17,20-21H2,1-4H3. The lowest BCUT2D eigenvalue weighted by atomic mass is 9.92. The highest BCUT2D eigenvalue weighted by atomic mass is 16.5. The highest BCUT2D eigenvalue weighted by Crippen LogP contribution is 2.39. The number of hydrogen-bond acceptors (Lipinski definition) is 5. The van der Waals surface area contributed by atoms with Crippen LogP contribution in [0.3, 0.4) is 0 Å². The van der Waals surface area contributed by atoms with Gasteiger partial charge in [-0.1, -0.05) is 18.2 Å². The van der Waals surface area contributed by atoms with Crippen molar-refractivity contribution in [1.29, 1.82) is 0 Å². The van der Waals surface area contributed by atoms with E-state index in [1.165, 1.54) is 29.5 Å². The summed E-state index contributed by atoms with van der Waals surface area (Å²) in [6, 6.07) is 14.3. The second-order valence-electron chi connectivity index (χ2n) is 10.8. The molecule has 5 rings (SSSR count). The van der Waals surface area contributed by atoms with Gasteiger partial charge in [-0.2, -0.15) is 0 Å². The Hall–Kier alpha value is -3.25. The summed E-state index contributed by atoms with van der Waals surface area (Å²) in [5.41, 5.74) is 4.60. The highest BCUT2D eigenvalue weighted by Gasteiger charge is 2.29. The first-order chi connectivity index (χ1) is 18.5. The SMILES string of the molecule is COc1ccc2c(OCCCN3CCCC(CN4CCc5cc(C)c(C)cc5C4=O)C3)cccc2c1OC. The molecule has 0 radical (unpaired) electrons. The lowest BCUT2D eigenvalue weighted by Gasteiger charge is -2.37. The van der Waals surface area contributed by atoms with E-state index in [9.17, 15) is 4.79 Å². The van der Waals surface area contributed by atoms with Crippen LogP contribution in [0.2, 0.25) is 0 Å². The molecule has 2 aliphatic heterocycles. The van der Waals surface area contributed by atoms with Gasteiger partial charge in [0.15, 0.2) is 11.5 Å². The Bertz CT molecular complexity index is 1300. The van der Waals surface area contributed by atoms with E-state index in [0.29, 0.717) is 12.5 Å². The summed E-state index contributed by atoms with van der Waals surface area (Å²) in [4.78, 5) is 17.9. The second-order valence-corrected chi connectivity index (χ2v) is 10.8. The maximum absolute atomic E-state index is 13.2. The summed E-state index contributed by atoms with van der Waals surface area (Å²) in [5.74, 6) is 3.06. The number of piperidine rings is 1. The zero-order valence-corrected chi connectivity index (χ0v) is 23.2. The Morgan fingerprint density at radius 1 is 0.947 bits per heavy atom. The van der Waals surface area contributed by atoms with Gasteiger partial charge in [-0.3, -0.25) is 4.79 Å². The van der Waals surface area contributed by atoms with Crippen molar-refractivity contribution in [3.8, 4) is 17.2 Å². The number of benzene rings is 3. The Balaban J connectivity index is 1.13. The first-order valence-electron chi connectivity index (χ1n) is 13.9. The fourth-order valence-corrected chi connectivity index (χ4v) is 6.05. The molecule has 3 aromatic carbocycles. The zero-order chi connectivity index (χ0) is 26.6.